The molecule has 3 aromatic rings. The van der Waals surface area contributed by atoms with Gasteiger partial charge in [-0.3, -0.25) is 4.79 Å². The first kappa shape index (κ1) is 11.2. The van der Waals surface area contributed by atoms with Gasteiger partial charge in [-0.25, -0.2) is 4.98 Å². The smallest absolute Gasteiger partial charge is 0.271 e. The summed E-state index contributed by atoms with van der Waals surface area (Å²) in [5, 5.41) is 2.01. The molecule has 2 aromatic heterocycles. The lowest BCUT2D eigenvalue weighted by Crippen LogP contribution is -2.15. The molecule has 0 spiro atoms. The second-order valence-corrected chi connectivity index (χ2v) is 5.24. The van der Waals surface area contributed by atoms with E-state index in [4.69, 9.17) is 0 Å². The van der Waals surface area contributed by atoms with E-state index in [0.717, 1.165) is 21.3 Å². The average Bonchev–Trinajstić information content (AvgIpc) is 2.78. The summed E-state index contributed by atoms with van der Waals surface area (Å²) in [4.78, 5) is 16.4. The summed E-state index contributed by atoms with van der Waals surface area (Å²) >= 11 is 1.46. The molecule has 0 saturated heterocycles. The Balaban J connectivity index is 2.32. The molecule has 0 radical (unpaired) electrons. The van der Waals surface area contributed by atoms with Gasteiger partial charge in [0.2, 0.25) is 0 Å². The largest absolute Gasteiger partial charge is 0.301 e. The molecule has 0 fully saturated rings. The van der Waals surface area contributed by atoms with Crippen LogP contribution < -0.4 is 5.56 Å². The van der Waals surface area contributed by atoms with Crippen LogP contribution in [-0.4, -0.2) is 9.55 Å². The number of hydrogen-bond acceptors (Lipinski definition) is 3. The van der Waals surface area contributed by atoms with Gasteiger partial charge < -0.3 is 4.57 Å². The van der Waals surface area contributed by atoms with Crippen LogP contribution in [0.4, 0.5) is 0 Å². The molecule has 3 nitrogen and oxygen atoms in total. The third kappa shape index (κ3) is 1.66. The van der Waals surface area contributed by atoms with Crippen LogP contribution in [0.2, 0.25) is 0 Å². The van der Waals surface area contributed by atoms with Crippen LogP contribution in [0.3, 0.4) is 0 Å². The van der Waals surface area contributed by atoms with Crippen molar-refractivity contribution in [1.29, 1.82) is 0 Å². The molecule has 2 heterocycles. The zero-order valence-electron chi connectivity index (χ0n) is 10.2. The molecule has 18 heavy (non-hydrogen) atoms. The Kier molecular flexibility index (Phi) is 2.52. The number of hydrogen-bond donors (Lipinski definition) is 0. The highest BCUT2D eigenvalue weighted by atomic mass is 32.1. The molecule has 0 unspecified atom stereocenters. The lowest BCUT2D eigenvalue weighted by molar-refractivity contribution is 0.845. The van der Waals surface area contributed by atoms with E-state index in [0.29, 0.717) is 0 Å². The summed E-state index contributed by atoms with van der Waals surface area (Å²) in [6.07, 6.45) is 1.58. The van der Waals surface area contributed by atoms with Gasteiger partial charge >= 0.3 is 0 Å². The molecule has 4 heteroatoms. The number of rotatable bonds is 1. The van der Waals surface area contributed by atoms with Crippen LogP contribution in [0.1, 0.15) is 5.56 Å². The Hall–Kier alpha value is -1.94. The molecule has 0 aliphatic carbocycles. The SMILES string of the molecule is Cc1cccc(-c2csc3c(=O)n(C)cnc23)c1. The van der Waals surface area contributed by atoms with Crippen molar-refractivity contribution >= 4 is 21.6 Å². The van der Waals surface area contributed by atoms with Gasteiger partial charge in [-0.05, 0) is 12.5 Å². The molecular formula is C14H12N2OS. The third-order valence-corrected chi connectivity index (χ3v) is 3.93. The number of benzene rings is 1. The van der Waals surface area contributed by atoms with E-state index in [1.807, 2.05) is 17.5 Å². The Morgan fingerprint density at radius 3 is 2.94 bits per heavy atom. The highest BCUT2D eigenvalue weighted by Gasteiger charge is 2.11. The monoisotopic (exact) mass is 256 g/mol. The minimum atomic E-state index is 0.0175. The molecule has 0 bridgehead atoms. The van der Waals surface area contributed by atoms with Gasteiger partial charge in [0, 0.05) is 18.0 Å². The fraction of sp³-hybridized carbons (Fsp3) is 0.143. The summed E-state index contributed by atoms with van der Waals surface area (Å²) in [5.41, 5.74) is 4.17. The lowest BCUT2D eigenvalue weighted by atomic mass is 10.1. The molecule has 0 aliphatic rings. The molecule has 3 rings (SSSR count). The fourth-order valence-corrected chi connectivity index (χ4v) is 3.01. The first-order valence-corrected chi connectivity index (χ1v) is 6.54. The normalized spacial score (nSPS) is 11.0. The third-order valence-electron chi connectivity index (χ3n) is 2.97. The highest BCUT2D eigenvalue weighted by molar-refractivity contribution is 7.17. The van der Waals surface area contributed by atoms with Crippen LogP contribution in [0.15, 0.2) is 40.8 Å². The Bertz CT molecular complexity index is 786. The maximum absolute atomic E-state index is 12.0. The van der Waals surface area contributed by atoms with E-state index in [-0.39, 0.29) is 5.56 Å². The van der Waals surface area contributed by atoms with Gasteiger partial charge in [0.15, 0.2) is 0 Å². The summed E-state index contributed by atoms with van der Waals surface area (Å²) in [7, 11) is 1.72. The van der Waals surface area contributed by atoms with E-state index in [9.17, 15) is 4.79 Å². The topological polar surface area (TPSA) is 34.9 Å². The van der Waals surface area contributed by atoms with Crippen molar-refractivity contribution in [3.8, 4) is 11.1 Å². The zero-order valence-corrected chi connectivity index (χ0v) is 11.0. The van der Waals surface area contributed by atoms with Gasteiger partial charge in [-0.2, -0.15) is 0 Å². The maximum Gasteiger partial charge on any atom is 0.271 e. The number of aromatic nitrogens is 2. The minimum absolute atomic E-state index is 0.0175. The van der Waals surface area contributed by atoms with Crippen molar-refractivity contribution < 1.29 is 0 Å². The molecule has 0 saturated carbocycles. The second-order valence-electron chi connectivity index (χ2n) is 4.36. The quantitative estimate of drug-likeness (QED) is 0.671. The first-order chi connectivity index (χ1) is 8.66. The summed E-state index contributed by atoms with van der Waals surface area (Å²) in [5.74, 6) is 0. The van der Waals surface area contributed by atoms with E-state index in [1.165, 1.54) is 21.5 Å². The Morgan fingerprint density at radius 1 is 1.33 bits per heavy atom. The maximum atomic E-state index is 12.0. The predicted octanol–water partition coefficient (Wildman–Crippen LogP) is 2.97. The molecule has 0 amide bonds. The lowest BCUT2D eigenvalue weighted by Gasteiger charge is -2.01. The van der Waals surface area contributed by atoms with Gasteiger partial charge in [-0.15, -0.1) is 11.3 Å². The summed E-state index contributed by atoms with van der Waals surface area (Å²) in [6, 6.07) is 8.24. The number of thiophene rings is 1. The Morgan fingerprint density at radius 2 is 2.17 bits per heavy atom. The van der Waals surface area contributed by atoms with Crippen LogP contribution in [-0.2, 0) is 7.05 Å². The molecule has 0 N–H and O–H groups in total. The van der Waals surface area contributed by atoms with E-state index in [2.05, 4.69) is 24.0 Å². The summed E-state index contributed by atoms with van der Waals surface area (Å²) in [6.45, 7) is 2.06. The van der Waals surface area contributed by atoms with Gasteiger partial charge in [0.25, 0.3) is 5.56 Å². The Labute approximate surface area is 108 Å². The van der Waals surface area contributed by atoms with Crippen molar-refractivity contribution in [1.82, 2.24) is 9.55 Å². The van der Waals surface area contributed by atoms with E-state index >= 15 is 0 Å². The summed E-state index contributed by atoms with van der Waals surface area (Å²) < 4.78 is 2.23. The predicted molar refractivity (Wildman–Crippen MR) is 75.0 cm³/mol. The highest BCUT2D eigenvalue weighted by Crippen LogP contribution is 2.30. The van der Waals surface area contributed by atoms with Crippen molar-refractivity contribution in [2.45, 2.75) is 6.92 Å². The van der Waals surface area contributed by atoms with Crippen LogP contribution in [0.25, 0.3) is 21.3 Å². The minimum Gasteiger partial charge on any atom is -0.301 e. The molecular weight excluding hydrogens is 244 g/mol. The molecule has 0 aliphatic heterocycles. The molecule has 0 atom stereocenters. The second kappa shape index (κ2) is 4.07. The number of fused-ring (bicyclic) bond motifs is 1. The van der Waals surface area contributed by atoms with Crippen molar-refractivity contribution in [2.24, 2.45) is 7.05 Å². The van der Waals surface area contributed by atoms with Crippen molar-refractivity contribution in [2.75, 3.05) is 0 Å². The first-order valence-electron chi connectivity index (χ1n) is 5.66. The van der Waals surface area contributed by atoms with Crippen LogP contribution >= 0.6 is 11.3 Å². The number of aryl methyl sites for hydroxylation is 2. The van der Waals surface area contributed by atoms with Gasteiger partial charge in [0.05, 0.1) is 11.8 Å². The van der Waals surface area contributed by atoms with Crippen LogP contribution in [0, 0.1) is 6.92 Å². The standard InChI is InChI=1S/C14H12N2OS/c1-9-4-3-5-10(6-9)11-7-18-13-12(11)15-8-16(2)14(13)17/h3-8H,1-2H3. The van der Waals surface area contributed by atoms with E-state index < -0.39 is 0 Å². The van der Waals surface area contributed by atoms with Gasteiger partial charge in [0.1, 0.15) is 4.70 Å². The average molecular weight is 256 g/mol. The molecule has 1 aromatic carbocycles. The zero-order chi connectivity index (χ0) is 12.7. The van der Waals surface area contributed by atoms with Gasteiger partial charge in [-0.1, -0.05) is 29.8 Å². The van der Waals surface area contributed by atoms with Crippen molar-refractivity contribution in [3.63, 3.8) is 0 Å². The van der Waals surface area contributed by atoms with Crippen molar-refractivity contribution in [3.05, 3.63) is 51.9 Å². The number of nitrogens with zero attached hydrogens (tertiary/aromatic N) is 2. The fourth-order valence-electron chi connectivity index (χ4n) is 2.01. The van der Waals surface area contributed by atoms with Crippen LogP contribution in [0.5, 0.6) is 0 Å². The van der Waals surface area contributed by atoms with E-state index in [1.54, 1.807) is 13.4 Å². The molecule has 90 valence electrons.